The molecule has 1 aliphatic carbocycles. The zero-order chi connectivity index (χ0) is 31.9. The maximum absolute atomic E-state index is 14.1. The number of rotatable bonds is 7. The Kier molecular flexibility index (Phi) is 9.12. The minimum atomic E-state index is -4.61. The quantitative estimate of drug-likeness (QED) is 0.334. The number of methoxy groups -OCH3 is 1. The van der Waals surface area contributed by atoms with Gasteiger partial charge in [0, 0.05) is 30.0 Å². The second kappa shape index (κ2) is 12.0. The van der Waals surface area contributed by atoms with Gasteiger partial charge in [-0.25, -0.2) is 4.79 Å². The third kappa shape index (κ3) is 6.78. The largest absolute Gasteiger partial charge is 0.496 e. The second-order valence-corrected chi connectivity index (χ2v) is 12.5. The third-order valence-electron chi connectivity index (χ3n) is 8.70. The lowest BCUT2D eigenvalue weighted by Crippen LogP contribution is -2.49. The summed E-state index contributed by atoms with van der Waals surface area (Å²) in [4.78, 5) is 28.2. The predicted octanol–water partition coefficient (Wildman–Crippen LogP) is 6.85. The summed E-state index contributed by atoms with van der Waals surface area (Å²) in [6.45, 7) is 5.26. The van der Waals surface area contributed by atoms with Crippen LogP contribution in [-0.2, 0) is 22.3 Å². The lowest BCUT2D eigenvalue weighted by atomic mass is 9.72. The van der Waals surface area contributed by atoms with Crippen molar-refractivity contribution in [2.75, 3.05) is 7.11 Å². The van der Waals surface area contributed by atoms with Crippen molar-refractivity contribution in [3.8, 4) is 5.75 Å². The normalized spacial score (nSPS) is 26.5. The van der Waals surface area contributed by atoms with E-state index in [4.69, 9.17) is 4.74 Å². The highest BCUT2D eigenvalue weighted by molar-refractivity contribution is 5.87. The van der Waals surface area contributed by atoms with Crippen molar-refractivity contribution in [3.63, 3.8) is 0 Å². The molecule has 1 heterocycles. The van der Waals surface area contributed by atoms with Crippen molar-refractivity contribution in [2.45, 2.75) is 77.1 Å². The number of nitrogens with zero attached hydrogens (tertiary/aromatic N) is 1. The average molecular weight is 615 g/mol. The van der Waals surface area contributed by atoms with Gasteiger partial charge in [-0.05, 0) is 48.4 Å². The van der Waals surface area contributed by atoms with E-state index >= 15 is 0 Å². The van der Waals surface area contributed by atoms with E-state index in [0.29, 0.717) is 5.56 Å². The number of hydrogen-bond donors (Lipinski definition) is 2. The monoisotopic (exact) mass is 614 g/mol. The number of carbonyl (C=O) groups is 2. The fourth-order valence-corrected chi connectivity index (χ4v) is 6.76. The number of benzene rings is 2. The topological polar surface area (TPSA) is 78.9 Å². The van der Waals surface area contributed by atoms with Crippen LogP contribution in [0.5, 0.6) is 5.75 Å². The molecule has 1 aliphatic heterocycles. The van der Waals surface area contributed by atoms with Crippen LogP contribution in [-0.4, -0.2) is 47.3 Å². The van der Waals surface area contributed by atoms with Crippen LogP contribution >= 0.6 is 0 Å². The molecule has 4 rings (SSSR count). The summed E-state index contributed by atoms with van der Waals surface area (Å²) in [5.74, 6) is -5.21. The number of hydrogen-bond acceptors (Lipinski definition) is 4. The van der Waals surface area contributed by atoms with Crippen LogP contribution in [0.25, 0.3) is 0 Å². The van der Waals surface area contributed by atoms with Crippen LogP contribution in [0.1, 0.15) is 62.8 Å². The third-order valence-corrected chi connectivity index (χ3v) is 8.70. The lowest BCUT2D eigenvalue weighted by Gasteiger charge is -2.35. The zero-order valence-electron chi connectivity index (χ0n) is 24.3. The summed E-state index contributed by atoms with van der Waals surface area (Å²) in [6.07, 6.45) is -9.74. The van der Waals surface area contributed by atoms with Gasteiger partial charge in [0.05, 0.1) is 24.6 Å². The molecule has 6 atom stereocenters. The Labute approximate surface area is 246 Å². The Morgan fingerprint density at radius 2 is 1.65 bits per heavy atom. The van der Waals surface area contributed by atoms with Crippen molar-refractivity contribution in [1.29, 1.82) is 0 Å². The molecule has 0 bridgehead atoms. The van der Waals surface area contributed by atoms with Crippen molar-refractivity contribution in [2.24, 2.45) is 23.2 Å². The molecule has 2 aliphatic rings. The van der Waals surface area contributed by atoms with E-state index in [1.165, 1.54) is 18.1 Å². The van der Waals surface area contributed by atoms with Crippen LogP contribution in [0.2, 0.25) is 0 Å². The van der Waals surface area contributed by atoms with E-state index in [9.17, 15) is 41.0 Å². The van der Waals surface area contributed by atoms with Gasteiger partial charge in [-0.15, -0.1) is 0 Å². The number of carboxylic acids is 1. The van der Waals surface area contributed by atoms with Crippen molar-refractivity contribution < 1.29 is 45.8 Å². The van der Waals surface area contributed by atoms with Crippen molar-refractivity contribution in [3.05, 3.63) is 65.2 Å². The number of halogens is 6. The summed E-state index contributed by atoms with van der Waals surface area (Å²) >= 11 is 0. The summed E-state index contributed by atoms with van der Waals surface area (Å²) in [5.41, 5.74) is -0.889. The Balaban J connectivity index is 1.80. The minimum Gasteiger partial charge on any atom is -0.496 e. The van der Waals surface area contributed by atoms with Gasteiger partial charge >= 0.3 is 18.3 Å². The van der Waals surface area contributed by atoms with E-state index in [0.717, 1.165) is 12.1 Å². The Bertz CT molecular complexity index is 1310. The Morgan fingerprint density at radius 1 is 1.00 bits per heavy atom. The molecule has 236 valence electrons. The fourth-order valence-electron chi connectivity index (χ4n) is 6.76. The van der Waals surface area contributed by atoms with E-state index in [2.05, 4.69) is 5.32 Å². The minimum absolute atomic E-state index is 0.0208. The zero-order valence-corrected chi connectivity index (χ0v) is 24.3. The number of nitrogens with one attached hydrogen (secondary N) is 1. The number of alkyl halides is 6. The lowest BCUT2D eigenvalue weighted by molar-refractivity contribution is -0.174. The van der Waals surface area contributed by atoms with Crippen molar-refractivity contribution in [1.82, 2.24) is 10.2 Å². The first-order chi connectivity index (χ1) is 19.9. The van der Waals surface area contributed by atoms with Crippen molar-refractivity contribution >= 4 is 11.9 Å². The number of carboxylic acid groups (broad SMARTS) is 1. The van der Waals surface area contributed by atoms with Crippen LogP contribution in [0.15, 0.2) is 48.5 Å². The van der Waals surface area contributed by atoms with Gasteiger partial charge < -0.3 is 20.1 Å². The molecular weight excluding hydrogens is 578 g/mol. The molecule has 43 heavy (non-hydrogen) atoms. The van der Waals surface area contributed by atoms with E-state index in [1.807, 2.05) is 0 Å². The van der Waals surface area contributed by atoms with Crippen LogP contribution < -0.4 is 10.1 Å². The highest BCUT2D eigenvalue weighted by Gasteiger charge is 2.59. The van der Waals surface area contributed by atoms with Gasteiger partial charge in [0.15, 0.2) is 0 Å². The number of likely N-dealkylation sites (tertiary alicyclic amines) is 1. The molecule has 2 unspecified atom stereocenters. The molecule has 2 aromatic carbocycles. The van der Waals surface area contributed by atoms with Gasteiger partial charge in [0.25, 0.3) is 0 Å². The van der Waals surface area contributed by atoms with Crippen LogP contribution in [0, 0.1) is 23.2 Å². The van der Waals surface area contributed by atoms with E-state index in [1.54, 1.807) is 51.1 Å². The fraction of sp³-hybridized carbons (Fsp3) is 0.548. The summed E-state index contributed by atoms with van der Waals surface area (Å²) in [6, 6.07) is 8.54. The summed E-state index contributed by atoms with van der Waals surface area (Å²) in [7, 11) is 1.32. The molecule has 2 aromatic rings. The maximum Gasteiger partial charge on any atom is 0.416 e. The first-order valence-corrected chi connectivity index (χ1v) is 14.1. The molecule has 0 radical (unpaired) electrons. The highest BCUT2D eigenvalue weighted by Crippen LogP contribution is 2.51. The Hall–Kier alpha value is -3.28. The number of carbonyl (C=O) groups excluding carboxylic acids is 1. The van der Waals surface area contributed by atoms with Gasteiger partial charge in [0.2, 0.25) is 5.91 Å². The number of aliphatic carboxylic acids is 1. The summed E-state index contributed by atoms with van der Waals surface area (Å²) in [5, 5.41) is 13.8. The SMILES string of the molecule is COc1ccc(C(F)(F)F)cc1CN[C@H]1[C@H](C(C)(C)C)[C@@H](C(=O)O)N(C(=O)C2CCC(C(F)(F)F)C2)[C@H]1c1ccccc1. The van der Waals surface area contributed by atoms with Gasteiger partial charge in [-0.3, -0.25) is 4.79 Å². The molecule has 0 spiro atoms. The second-order valence-electron chi connectivity index (χ2n) is 12.5. The molecule has 0 aromatic heterocycles. The smallest absolute Gasteiger partial charge is 0.416 e. The molecule has 1 amide bonds. The van der Waals surface area contributed by atoms with Crippen LogP contribution in [0.3, 0.4) is 0 Å². The highest BCUT2D eigenvalue weighted by atomic mass is 19.4. The Morgan fingerprint density at radius 3 is 2.16 bits per heavy atom. The maximum atomic E-state index is 14.1. The molecule has 2 N–H and O–H groups in total. The molecule has 2 fully saturated rings. The van der Waals surface area contributed by atoms with Gasteiger partial charge in [0.1, 0.15) is 11.8 Å². The van der Waals surface area contributed by atoms with Gasteiger partial charge in [-0.2, -0.15) is 26.3 Å². The molecule has 12 heteroatoms. The molecule has 1 saturated carbocycles. The molecular formula is C31H36F6N2O4. The molecule has 1 saturated heterocycles. The molecule has 6 nitrogen and oxygen atoms in total. The summed E-state index contributed by atoms with van der Waals surface area (Å²) < 4.78 is 86.5. The standard InChI is InChI=1S/C31H36F6N2O4/c1-29(2,3)23-24(38-16-19-15-21(31(35,36)37)12-13-22(19)43-4)25(17-8-6-5-7-9-17)39(26(23)28(41)42)27(40)18-10-11-20(14-18)30(32,33)34/h5-9,12-13,15,18,20,23-26,38H,10-11,14,16H2,1-4H3,(H,41,42)/t18?,20?,23-,24-,25-,26-/m0/s1. The average Bonchev–Trinajstić information content (AvgIpc) is 3.55. The van der Waals surface area contributed by atoms with Gasteiger partial charge in [-0.1, -0.05) is 51.1 Å². The first-order valence-electron chi connectivity index (χ1n) is 14.1. The number of ether oxygens (including phenoxy) is 1. The number of amides is 1. The van der Waals surface area contributed by atoms with E-state index in [-0.39, 0.29) is 30.7 Å². The first kappa shape index (κ1) is 32.6. The van der Waals surface area contributed by atoms with E-state index < -0.39 is 77.5 Å². The predicted molar refractivity (Wildman–Crippen MR) is 146 cm³/mol. The van der Waals surface area contributed by atoms with Crippen LogP contribution in [0.4, 0.5) is 26.3 Å².